The van der Waals surface area contributed by atoms with Crippen LogP contribution in [0.15, 0.2) is 35.7 Å². The van der Waals surface area contributed by atoms with Gasteiger partial charge in [0.15, 0.2) is 0 Å². The molecule has 0 fully saturated rings. The first-order valence-electron chi connectivity index (χ1n) is 6.69. The first-order valence-corrected chi connectivity index (χ1v) is 7.50. The number of carbonyl (C=O) groups excluding carboxylic acids is 1. The Morgan fingerprint density at radius 2 is 2.17 bits per heavy atom. The number of nitrogen functional groups attached to an aromatic ring is 1. The van der Waals surface area contributed by atoms with Crippen molar-refractivity contribution in [3.63, 3.8) is 0 Å². The number of aromatic nitrogens is 2. The van der Waals surface area contributed by atoms with Gasteiger partial charge in [0.1, 0.15) is 22.7 Å². The zero-order valence-corrected chi connectivity index (χ0v) is 13.0. The predicted octanol–water partition coefficient (Wildman–Crippen LogP) is 2.05. The molecule has 0 radical (unpaired) electrons. The molecular formula is C15H13N5O2S. The number of hydrazone groups is 1. The van der Waals surface area contributed by atoms with Crippen LogP contribution in [0.4, 0.5) is 5.82 Å². The Hall–Kier alpha value is -3.00. The first kappa shape index (κ1) is 14.9. The topological polar surface area (TPSA) is 113 Å². The standard InChI is InChI=1S/C15H13N5O2S/c1-8-11-13(16)17-7-18-15(11)23-12(8)14(22)20-19-6-9-4-2-3-5-10(9)21/h2-7,21H,1H3,(H,20,22)(H2,16,17,18)/b19-6-. The number of benzene rings is 1. The van der Waals surface area contributed by atoms with E-state index >= 15 is 0 Å². The van der Waals surface area contributed by atoms with E-state index in [1.165, 1.54) is 23.9 Å². The number of para-hydroxylation sites is 1. The summed E-state index contributed by atoms with van der Waals surface area (Å²) in [4.78, 5) is 21.4. The summed E-state index contributed by atoms with van der Waals surface area (Å²) in [6.45, 7) is 1.79. The molecule has 1 amide bonds. The van der Waals surface area contributed by atoms with Gasteiger partial charge in [-0.25, -0.2) is 15.4 Å². The first-order chi connectivity index (χ1) is 11.1. The molecule has 4 N–H and O–H groups in total. The number of phenols is 1. The van der Waals surface area contributed by atoms with Gasteiger partial charge >= 0.3 is 0 Å². The number of fused-ring (bicyclic) bond motifs is 1. The van der Waals surface area contributed by atoms with E-state index < -0.39 is 0 Å². The molecule has 3 aromatic rings. The molecule has 3 rings (SSSR count). The number of anilines is 1. The zero-order chi connectivity index (χ0) is 16.4. The molecule has 0 saturated heterocycles. The van der Waals surface area contributed by atoms with Gasteiger partial charge in [0.05, 0.1) is 16.5 Å². The monoisotopic (exact) mass is 327 g/mol. The number of hydrogen-bond donors (Lipinski definition) is 3. The second-order valence-electron chi connectivity index (χ2n) is 4.75. The molecule has 0 aliphatic rings. The van der Waals surface area contributed by atoms with Gasteiger partial charge in [0.25, 0.3) is 5.91 Å². The molecule has 0 aliphatic heterocycles. The summed E-state index contributed by atoms with van der Waals surface area (Å²) in [5, 5.41) is 14.2. The van der Waals surface area contributed by atoms with Gasteiger partial charge < -0.3 is 10.8 Å². The van der Waals surface area contributed by atoms with Crippen molar-refractivity contribution in [2.45, 2.75) is 6.92 Å². The van der Waals surface area contributed by atoms with Gasteiger partial charge in [-0.2, -0.15) is 5.10 Å². The average Bonchev–Trinajstić information content (AvgIpc) is 2.87. The molecule has 0 unspecified atom stereocenters. The number of aryl methyl sites for hydroxylation is 1. The highest BCUT2D eigenvalue weighted by molar-refractivity contribution is 7.20. The summed E-state index contributed by atoms with van der Waals surface area (Å²) in [5.74, 6) is 0.0728. The molecular weight excluding hydrogens is 314 g/mol. The quantitative estimate of drug-likeness (QED) is 0.503. The van der Waals surface area contributed by atoms with Gasteiger partial charge in [0.2, 0.25) is 0 Å². The molecule has 1 aromatic carbocycles. The van der Waals surface area contributed by atoms with Crippen LogP contribution in [0.3, 0.4) is 0 Å². The number of phenolic OH excluding ortho intramolecular Hbond substituents is 1. The van der Waals surface area contributed by atoms with Crippen molar-refractivity contribution in [2.24, 2.45) is 5.10 Å². The van der Waals surface area contributed by atoms with E-state index in [9.17, 15) is 9.90 Å². The minimum atomic E-state index is -0.364. The van der Waals surface area contributed by atoms with Crippen molar-refractivity contribution in [1.29, 1.82) is 0 Å². The highest BCUT2D eigenvalue weighted by Crippen LogP contribution is 2.31. The minimum absolute atomic E-state index is 0.0894. The lowest BCUT2D eigenvalue weighted by molar-refractivity contribution is 0.0958. The highest BCUT2D eigenvalue weighted by atomic mass is 32.1. The molecule has 7 nitrogen and oxygen atoms in total. The maximum atomic E-state index is 12.3. The van der Waals surface area contributed by atoms with Crippen LogP contribution < -0.4 is 11.2 Å². The van der Waals surface area contributed by atoms with Crippen LogP contribution in [-0.4, -0.2) is 27.2 Å². The number of hydrogen-bond acceptors (Lipinski definition) is 7. The third kappa shape index (κ3) is 2.84. The number of thiophene rings is 1. The fourth-order valence-electron chi connectivity index (χ4n) is 2.12. The predicted molar refractivity (Wildman–Crippen MR) is 89.7 cm³/mol. The molecule has 0 aliphatic carbocycles. The van der Waals surface area contributed by atoms with Crippen molar-refractivity contribution in [2.75, 3.05) is 5.73 Å². The maximum absolute atomic E-state index is 12.3. The molecule has 0 spiro atoms. The minimum Gasteiger partial charge on any atom is -0.507 e. The Morgan fingerprint density at radius 1 is 1.39 bits per heavy atom. The summed E-state index contributed by atoms with van der Waals surface area (Å²) >= 11 is 1.23. The van der Waals surface area contributed by atoms with Crippen LogP contribution in [0, 0.1) is 6.92 Å². The fraction of sp³-hybridized carbons (Fsp3) is 0.0667. The third-order valence-electron chi connectivity index (χ3n) is 3.27. The molecule has 0 saturated carbocycles. The lowest BCUT2D eigenvalue weighted by atomic mass is 10.2. The summed E-state index contributed by atoms with van der Waals surface area (Å²) in [7, 11) is 0. The summed E-state index contributed by atoms with van der Waals surface area (Å²) in [6.07, 6.45) is 2.75. The number of nitrogens with one attached hydrogen (secondary N) is 1. The lowest BCUT2D eigenvalue weighted by Crippen LogP contribution is -2.17. The number of amides is 1. The Morgan fingerprint density at radius 3 is 2.91 bits per heavy atom. The molecule has 116 valence electrons. The van der Waals surface area contributed by atoms with Crippen LogP contribution in [0.25, 0.3) is 10.2 Å². The second-order valence-corrected chi connectivity index (χ2v) is 5.75. The smallest absolute Gasteiger partial charge is 0.281 e. The zero-order valence-electron chi connectivity index (χ0n) is 12.1. The van der Waals surface area contributed by atoms with Crippen molar-refractivity contribution in [1.82, 2.24) is 15.4 Å². The van der Waals surface area contributed by atoms with E-state index in [2.05, 4.69) is 20.5 Å². The van der Waals surface area contributed by atoms with E-state index in [-0.39, 0.29) is 11.7 Å². The number of aromatic hydroxyl groups is 1. The summed E-state index contributed by atoms with van der Waals surface area (Å²) in [5.41, 5.74) is 9.50. The maximum Gasteiger partial charge on any atom is 0.281 e. The van der Waals surface area contributed by atoms with Crippen molar-refractivity contribution < 1.29 is 9.90 Å². The van der Waals surface area contributed by atoms with E-state index in [0.717, 1.165) is 5.56 Å². The van der Waals surface area contributed by atoms with Gasteiger partial charge in [0, 0.05) is 5.56 Å². The average molecular weight is 327 g/mol. The number of nitrogens with zero attached hydrogens (tertiary/aromatic N) is 3. The van der Waals surface area contributed by atoms with Crippen LogP contribution in [0.1, 0.15) is 20.8 Å². The van der Waals surface area contributed by atoms with E-state index in [4.69, 9.17) is 5.73 Å². The Labute approximate surface area is 135 Å². The number of rotatable bonds is 3. The highest BCUT2D eigenvalue weighted by Gasteiger charge is 2.17. The van der Waals surface area contributed by atoms with Gasteiger partial charge in [-0.1, -0.05) is 12.1 Å². The van der Waals surface area contributed by atoms with Gasteiger partial charge in [-0.05, 0) is 24.6 Å². The third-order valence-corrected chi connectivity index (χ3v) is 4.47. The van der Waals surface area contributed by atoms with Gasteiger partial charge in [-0.3, -0.25) is 4.79 Å². The van der Waals surface area contributed by atoms with Crippen LogP contribution >= 0.6 is 11.3 Å². The molecule has 2 aromatic heterocycles. The van der Waals surface area contributed by atoms with E-state index in [0.29, 0.717) is 26.5 Å². The SMILES string of the molecule is Cc1c(C(=O)N/N=C\c2ccccc2O)sc2ncnc(N)c12. The fourth-order valence-corrected chi connectivity index (χ4v) is 3.17. The molecule has 0 bridgehead atoms. The normalized spacial score (nSPS) is 11.2. The second kappa shape index (κ2) is 6.01. The van der Waals surface area contributed by atoms with E-state index in [1.807, 2.05) is 0 Å². The molecule has 23 heavy (non-hydrogen) atoms. The van der Waals surface area contributed by atoms with Crippen molar-refractivity contribution >= 4 is 39.5 Å². The molecule has 0 atom stereocenters. The largest absolute Gasteiger partial charge is 0.507 e. The van der Waals surface area contributed by atoms with Crippen LogP contribution in [-0.2, 0) is 0 Å². The van der Waals surface area contributed by atoms with Crippen molar-refractivity contribution in [3.8, 4) is 5.75 Å². The Bertz CT molecular complexity index is 919. The van der Waals surface area contributed by atoms with Crippen LogP contribution in [0.5, 0.6) is 5.75 Å². The molecule has 2 heterocycles. The Balaban J connectivity index is 1.83. The van der Waals surface area contributed by atoms with Crippen LogP contribution in [0.2, 0.25) is 0 Å². The molecule has 8 heteroatoms. The summed E-state index contributed by atoms with van der Waals surface area (Å²) < 4.78 is 0. The number of carbonyl (C=O) groups is 1. The summed E-state index contributed by atoms with van der Waals surface area (Å²) in [6, 6.07) is 6.70. The lowest BCUT2D eigenvalue weighted by Gasteiger charge is -2.00. The van der Waals surface area contributed by atoms with Gasteiger partial charge in [-0.15, -0.1) is 11.3 Å². The Kier molecular flexibility index (Phi) is 3.90. The van der Waals surface area contributed by atoms with E-state index in [1.54, 1.807) is 31.2 Å². The van der Waals surface area contributed by atoms with Crippen molar-refractivity contribution in [3.05, 3.63) is 46.6 Å². The number of nitrogens with two attached hydrogens (primary N) is 1.